The van der Waals surface area contributed by atoms with Crippen LogP contribution in [-0.4, -0.2) is 27.6 Å². The van der Waals surface area contributed by atoms with Crippen molar-refractivity contribution in [2.75, 3.05) is 23.7 Å². The molecule has 170 valence electrons. The van der Waals surface area contributed by atoms with E-state index < -0.39 is 0 Å². The first kappa shape index (κ1) is 22.3. The number of fused-ring (bicyclic) bond motifs is 1. The second kappa shape index (κ2) is 10.2. The third-order valence-electron chi connectivity index (χ3n) is 6.74. The van der Waals surface area contributed by atoms with Crippen molar-refractivity contribution in [3.05, 3.63) is 47.0 Å². The number of pyridine rings is 1. The molecule has 3 heterocycles. The predicted octanol–water partition coefficient (Wildman–Crippen LogP) is 5.15. The zero-order valence-electron chi connectivity index (χ0n) is 19.4. The number of benzene rings is 1. The Labute approximate surface area is 190 Å². The number of hydrogen-bond acceptors (Lipinski definition) is 5. The van der Waals surface area contributed by atoms with Crippen LogP contribution in [0, 0.1) is 5.92 Å². The van der Waals surface area contributed by atoms with E-state index in [0.717, 1.165) is 30.3 Å². The van der Waals surface area contributed by atoms with E-state index in [0.29, 0.717) is 10.9 Å². The summed E-state index contributed by atoms with van der Waals surface area (Å²) in [5, 5.41) is 0.373. The minimum absolute atomic E-state index is 0.179. The van der Waals surface area contributed by atoms with E-state index in [9.17, 15) is 4.79 Å². The Hall–Kier alpha value is -2.89. The zero-order valence-corrected chi connectivity index (χ0v) is 19.4. The van der Waals surface area contributed by atoms with E-state index >= 15 is 0 Å². The Morgan fingerprint density at radius 2 is 1.56 bits per heavy atom. The maximum atomic E-state index is 12.2. The van der Waals surface area contributed by atoms with Crippen molar-refractivity contribution in [3.8, 4) is 11.3 Å². The van der Waals surface area contributed by atoms with Gasteiger partial charge in [-0.25, -0.2) is 9.97 Å². The van der Waals surface area contributed by atoms with Crippen LogP contribution in [0.5, 0.6) is 0 Å². The first-order valence-corrected chi connectivity index (χ1v) is 12.0. The second-order valence-corrected chi connectivity index (χ2v) is 9.29. The molecule has 0 amide bonds. The molecule has 2 aliphatic rings. The molecule has 6 nitrogen and oxygen atoms in total. The molecule has 0 unspecified atom stereocenters. The normalized spacial score (nSPS) is 17.1. The van der Waals surface area contributed by atoms with E-state index in [1.807, 2.05) is 6.07 Å². The highest BCUT2D eigenvalue weighted by atomic mass is 16.1. The lowest BCUT2D eigenvalue weighted by molar-refractivity contribution is 0.438. The molecule has 5 rings (SSSR count). The molecular weight excluding hydrogens is 398 g/mol. The Morgan fingerprint density at radius 3 is 2.16 bits per heavy atom. The van der Waals surface area contributed by atoms with E-state index in [1.165, 1.54) is 67.9 Å². The van der Waals surface area contributed by atoms with E-state index in [4.69, 9.17) is 5.73 Å². The van der Waals surface area contributed by atoms with Gasteiger partial charge in [0.25, 0.3) is 5.56 Å². The number of aryl methyl sites for hydroxylation is 1. The molecule has 2 fully saturated rings. The highest BCUT2D eigenvalue weighted by molar-refractivity contribution is 5.90. The van der Waals surface area contributed by atoms with Crippen molar-refractivity contribution in [1.29, 1.82) is 0 Å². The molecule has 3 aromatic rings. The lowest BCUT2D eigenvalue weighted by atomic mass is 9.98. The minimum Gasteiger partial charge on any atom is -0.383 e. The molecule has 0 spiro atoms. The SMILES string of the molecule is C1CCCCC1.CC1CCN(c2ccc(-c3cc4ncn(C)c(=O)c4c(N)n3)cc2)CC1. The van der Waals surface area contributed by atoms with Crippen molar-refractivity contribution in [3.63, 3.8) is 0 Å². The average Bonchev–Trinajstić information content (AvgIpc) is 2.83. The predicted molar refractivity (Wildman–Crippen MR) is 133 cm³/mol. The van der Waals surface area contributed by atoms with Crippen LogP contribution in [0.1, 0.15) is 58.3 Å². The van der Waals surface area contributed by atoms with Gasteiger partial charge in [0.2, 0.25) is 0 Å². The maximum Gasteiger partial charge on any atom is 0.264 e. The number of aromatic nitrogens is 3. The Kier molecular flexibility index (Phi) is 7.08. The fourth-order valence-electron chi connectivity index (χ4n) is 4.57. The highest BCUT2D eigenvalue weighted by Crippen LogP contribution is 2.27. The van der Waals surface area contributed by atoms with Crippen LogP contribution >= 0.6 is 0 Å². The van der Waals surface area contributed by atoms with Crippen LogP contribution < -0.4 is 16.2 Å². The fourth-order valence-corrected chi connectivity index (χ4v) is 4.57. The van der Waals surface area contributed by atoms with Gasteiger partial charge in [-0.05, 0) is 37.0 Å². The molecular formula is C26H35N5O. The van der Waals surface area contributed by atoms with Crippen LogP contribution in [0.4, 0.5) is 11.5 Å². The summed E-state index contributed by atoms with van der Waals surface area (Å²) < 4.78 is 1.41. The standard InChI is InChI=1S/C20H23N5O.C6H12/c1-13-7-9-25(10-8-13)15-5-3-14(4-6-15)16-11-17-18(19(21)23-16)20(26)24(2)12-22-17;1-2-4-6-5-3-1/h3-6,11-13H,7-10H2,1-2H3,(H2,21,23);1-6H2. The molecule has 1 aliphatic heterocycles. The van der Waals surface area contributed by atoms with Crippen LogP contribution in [-0.2, 0) is 7.05 Å². The van der Waals surface area contributed by atoms with Crippen LogP contribution in [0.3, 0.4) is 0 Å². The summed E-state index contributed by atoms with van der Waals surface area (Å²) in [5.74, 6) is 1.04. The van der Waals surface area contributed by atoms with Gasteiger partial charge in [0, 0.05) is 31.4 Å². The van der Waals surface area contributed by atoms with Gasteiger partial charge >= 0.3 is 0 Å². The lowest BCUT2D eigenvalue weighted by Gasteiger charge is -2.32. The Balaban J connectivity index is 0.000000354. The first-order chi connectivity index (χ1) is 15.5. The quantitative estimate of drug-likeness (QED) is 0.604. The molecule has 6 heteroatoms. The van der Waals surface area contributed by atoms with Crippen molar-refractivity contribution >= 4 is 22.4 Å². The summed E-state index contributed by atoms with van der Waals surface area (Å²) in [4.78, 5) is 23.4. The van der Waals surface area contributed by atoms with Gasteiger partial charge in [-0.3, -0.25) is 4.79 Å². The van der Waals surface area contributed by atoms with E-state index in [2.05, 4.69) is 46.1 Å². The van der Waals surface area contributed by atoms with Crippen LogP contribution in [0.25, 0.3) is 22.2 Å². The molecule has 0 bridgehead atoms. The number of hydrogen-bond donors (Lipinski definition) is 1. The highest BCUT2D eigenvalue weighted by Gasteiger charge is 2.16. The fraction of sp³-hybridized carbons (Fsp3) is 0.500. The molecule has 1 saturated heterocycles. The smallest absolute Gasteiger partial charge is 0.264 e. The molecule has 1 saturated carbocycles. The summed E-state index contributed by atoms with van der Waals surface area (Å²) in [5.41, 5.74) is 9.38. The van der Waals surface area contributed by atoms with Gasteiger partial charge < -0.3 is 15.2 Å². The van der Waals surface area contributed by atoms with Gasteiger partial charge in [0.05, 0.1) is 17.5 Å². The topological polar surface area (TPSA) is 77.0 Å². The Morgan fingerprint density at radius 1 is 0.969 bits per heavy atom. The summed E-state index contributed by atoms with van der Waals surface area (Å²) >= 11 is 0. The summed E-state index contributed by atoms with van der Waals surface area (Å²) in [7, 11) is 1.65. The number of nitrogens with zero attached hydrogens (tertiary/aromatic N) is 4. The number of nitrogens with two attached hydrogens (primary N) is 1. The molecule has 32 heavy (non-hydrogen) atoms. The van der Waals surface area contributed by atoms with E-state index in [-0.39, 0.29) is 11.4 Å². The molecule has 0 radical (unpaired) electrons. The van der Waals surface area contributed by atoms with Gasteiger partial charge in [-0.2, -0.15) is 0 Å². The van der Waals surface area contributed by atoms with Crippen molar-refractivity contribution in [2.45, 2.75) is 58.3 Å². The Bertz CT molecular complexity index is 1080. The van der Waals surface area contributed by atoms with Gasteiger partial charge in [-0.15, -0.1) is 0 Å². The van der Waals surface area contributed by atoms with Gasteiger partial charge in [-0.1, -0.05) is 57.6 Å². The molecule has 2 aromatic heterocycles. The zero-order chi connectivity index (χ0) is 22.5. The van der Waals surface area contributed by atoms with Gasteiger partial charge in [0.15, 0.2) is 0 Å². The second-order valence-electron chi connectivity index (χ2n) is 9.29. The summed E-state index contributed by atoms with van der Waals surface area (Å²) in [6.45, 7) is 4.53. The number of anilines is 2. The lowest BCUT2D eigenvalue weighted by Crippen LogP contribution is -2.32. The minimum atomic E-state index is -0.179. The molecule has 2 N–H and O–H groups in total. The van der Waals surface area contributed by atoms with Gasteiger partial charge in [0.1, 0.15) is 11.2 Å². The van der Waals surface area contributed by atoms with Crippen molar-refractivity contribution < 1.29 is 0 Å². The summed E-state index contributed by atoms with van der Waals surface area (Å²) in [6, 6.07) is 10.2. The van der Waals surface area contributed by atoms with Crippen LogP contribution in [0.2, 0.25) is 0 Å². The number of piperidine rings is 1. The van der Waals surface area contributed by atoms with Crippen molar-refractivity contribution in [1.82, 2.24) is 14.5 Å². The maximum absolute atomic E-state index is 12.2. The monoisotopic (exact) mass is 433 g/mol. The molecule has 1 aromatic carbocycles. The molecule has 1 aliphatic carbocycles. The van der Waals surface area contributed by atoms with Crippen LogP contribution in [0.15, 0.2) is 41.5 Å². The van der Waals surface area contributed by atoms with E-state index in [1.54, 1.807) is 7.05 Å². The first-order valence-electron chi connectivity index (χ1n) is 12.0. The summed E-state index contributed by atoms with van der Waals surface area (Å²) in [6.07, 6.45) is 13.0. The third-order valence-corrected chi connectivity index (χ3v) is 6.74. The third kappa shape index (κ3) is 5.12. The van der Waals surface area contributed by atoms with Crippen molar-refractivity contribution in [2.24, 2.45) is 13.0 Å². The largest absolute Gasteiger partial charge is 0.383 e. The number of rotatable bonds is 2. The molecule has 0 atom stereocenters. The number of nitrogen functional groups attached to an aromatic ring is 1. The average molecular weight is 434 g/mol.